The molecule has 1 unspecified atom stereocenters. The lowest BCUT2D eigenvalue weighted by Gasteiger charge is -2.32. The van der Waals surface area contributed by atoms with Gasteiger partial charge in [0.15, 0.2) is 0 Å². The lowest BCUT2D eigenvalue weighted by molar-refractivity contribution is -0.137. The zero-order chi connectivity index (χ0) is 12.9. The highest BCUT2D eigenvalue weighted by molar-refractivity contribution is 5.80. The van der Waals surface area contributed by atoms with Crippen molar-refractivity contribution in [1.82, 2.24) is 9.80 Å². The largest absolute Gasteiger partial charge is 0.480 e. The fraction of sp³-hybridized carbons (Fsp3) is 0.818. The van der Waals surface area contributed by atoms with E-state index in [9.17, 15) is 9.59 Å². The van der Waals surface area contributed by atoms with Crippen LogP contribution in [-0.2, 0) is 4.79 Å². The number of carbonyl (C=O) groups is 2. The van der Waals surface area contributed by atoms with Gasteiger partial charge in [-0.2, -0.15) is 0 Å². The second-order valence-electron chi connectivity index (χ2n) is 4.29. The number of hydrogen-bond acceptors (Lipinski definition) is 2. The van der Waals surface area contributed by atoms with E-state index in [0.29, 0.717) is 12.5 Å². The van der Waals surface area contributed by atoms with Gasteiger partial charge in [0.2, 0.25) is 0 Å². The zero-order valence-electron chi connectivity index (χ0n) is 10.7. The molecule has 2 amide bonds. The molecule has 0 saturated heterocycles. The highest BCUT2D eigenvalue weighted by Gasteiger charge is 2.23. The van der Waals surface area contributed by atoms with E-state index >= 15 is 0 Å². The number of carbonyl (C=O) groups excluding carboxylic acids is 1. The van der Waals surface area contributed by atoms with E-state index in [1.165, 1.54) is 4.90 Å². The molecule has 94 valence electrons. The molecule has 0 saturated carbocycles. The molecule has 16 heavy (non-hydrogen) atoms. The van der Waals surface area contributed by atoms with E-state index in [-0.39, 0.29) is 18.6 Å². The highest BCUT2D eigenvalue weighted by atomic mass is 16.4. The summed E-state index contributed by atoms with van der Waals surface area (Å²) in [4.78, 5) is 25.4. The first-order valence-corrected chi connectivity index (χ1v) is 5.54. The van der Waals surface area contributed by atoms with E-state index in [1.54, 1.807) is 18.9 Å². The monoisotopic (exact) mass is 230 g/mol. The normalized spacial score (nSPS) is 12.4. The summed E-state index contributed by atoms with van der Waals surface area (Å²) in [5.41, 5.74) is 0. The summed E-state index contributed by atoms with van der Waals surface area (Å²) in [6.07, 6.45) is 0. The molecule has 0 heterocycles. The lowest BCUT2D eigenvalue weighted by Crippen LogP contribution is -2.48. The van der Waals surface area contributed by atoms with Gasteiger partial charge in [-0.25, -0.2) is 4.79 Å². The predicted molar refractivity (Wildman–Crippen MR) is 62.3 cm³/mol. The number of carboxylic acid groups (broad SMARTS) is 1. The summed E-state index contributed by atoms with van der Waals surface area (Å²) in [5, 5.41) is 8.68. The summed E-state index contributed by atoms with van der Waals surface area (Å²) in [6.45, 7) is 7.94. The standard InChI is InChI=1S/C11H22N2O3/c1-6-13(7-10(14)15)11(16)12(5)9(4)8(2)3/h8-9H,6-7H2,1-5H3,(H,14,15). The lowest BCUT2D eigenvalue weighted by atomic mass is 10.1. The van der Waals surface area contributed by atoms with Crippen molar-refractivity contribution in [3.8, 4) is 0 Å². The average Bonchev–Trinajstić information content (AvgIpc) is 2.22. The third-order valence-electron chi connectivity index (χ3n) is 2.86. The van der Waals surface area contributed by atoms with Crippen LogP contribution < -0.4 is 0 Å². The molecule has 0 aromatic carbocycles. The Morgan fingerprint density at radius 1 is 1.25 bits per heavy atom. The second kappa shape index (κ2) is 6.35. The van der Waals surface area contributed by atoms with Crippen molar-refractivity contribution >= 4 is 12.0 Å². The van der Waals surface area contributed by atoms with Crippen LogP contribution in [0.25, 0.3) is 0 Å². The maximum atomic E-state index is 11.9. The molecular weight excluding hydrogens is 208 g/mol. The molecule has 0 fully saturated rings. The second-order valence-corrected chi connectivity index (χ2v) is 4.29. The van der Waals surface area contributed by atoms with Crippen LogP contribution in [-0.4, -0.2) is 53.1 Å². The Kier molecular flexibility index (Phi) is 5.85. The maximum Gasteiger partial charge on any atom is 0.323 e. The Balaban J connectivity index is 4.55. The Morgan fingerprint density at radius 3 is 2.06 bits per heavy atom. The van der Waals surface area contributed by atoms with Gasteiger partial charge in [0.1, 0.15) is 6.54 Å². The minimum absolute atomic E-state index is 0.0929. The average molecular weight is 230 g/mol. The number of nitrogens with zero attached hydrogens (tertiary/aromatic N) is 2. The minimum Gasteiger partial charge on any atom is -0.480 e. The molecule has 5 nitrogen and oxygen atoms in total. The Morgan fingerprint density at radius 2 is 1.75 bits per heavy atom. The van der Waals surface area contributed by atoms with Crippen molar-refractivity contribution in [2.24, 2.45) is 5.92 Å². The zero-order valence-corrected chi connectivity index (χ0v) is 10.7. The summed E-state index contributed by atoms with van der Waals surface area (Å²) in [7, 11) is 1.71. The van der Waals surface area contributed by atoms with E-state index < -0.39 is 5.97 Å². The van der Waals surface area contributed by atoms with Crippen molar-refractivity contribution in [2.45, 2.75) is 33.7 Å². The maximum absolute atomic E-state index is 11.9. The fourth-order valence-corrected chi connectivity index (χ4v) is 1.32. The van der Waals surface area contributed by atoms with Crippen LogP contribution in [0.1, 0.15) is 27.7 Å². The third-order valence-corrected chi connectivity index (χ3v) is 2.86. The number of carboxylic acids is 1. The first kappa shape index (κ1) is 14.7. The van der Waals surface area contributed by atoms with Crippen molar-refractivity contribution in [3.05, 3.63) is 0 Å². The Bertz CT molecular complexity index is 254. The predicted octanol–water partition coefficient (Wildman–Crippen LogP) is 1.49. The molecule has 1 atom stereocenters. The Hall–Kier alpha value is -1.26. The van der Waals surface area contributed by atoms with Crippen LogP contribution in [0, 0.1) is 5.92 Å². The summed E-state index contributed by atoms with van der Waals surface area (Å²) in [5.74, 6) is -0.640. The highest BCUT2D eigenvalue weighted by Crippen LogP contribution is 2.10. The van der Waals surface area contributed by atoms with Gasteiger partial charge in [0, 0.05) is 19.6 Å². The van der Waals surface area contributed by atoms with E-state index in [0.717, 1.165) is 0 Å². The van der Waals surface area contributed by atoms with Crippen molar-refractivity contribution < 1.29 is 14.7 Å². The van der Waals surface area contributed by atoms with Gasteiger partial charge < -0.3 is 14.9 Å². The van der Waals surface area contributed by atoms with Crippen molar-refractivity contribution in [2.75, 3.05) is 20.1 Å². The molecule has 0 aliphatic carbocycles. The molecule has 1 N–H and O–H groups in total. The molecular formula is C11H22N2O3. The molecule has 0 radical (unpaired) electrons. The molecule has 0 rings (SSSR count). The van der Waals surface area contributed by atoms with Crippen LogP contribution in [0.2, 0.25) is 0 Å². The molecule has 0 aliphatic heterocycles. The third kappa shape index (κ3) is 4.08. The summed E-state index contributed by atoms with van der Waals surface area (Å²) < 4.78 is 0. The van der Waals surface area contributed by atoms with Gasteiger partial charge in [0.25, 0.3) is 0 Å². The van der Waals surface area contributed by atoms with Gasteiger partial charge in [-0.05, 0) is 19.8 Å². The van der Waals surface area contributed by atoms with Crippen molar-refractivity contribution in [3.63, 3.8) is 0 Å². The smallest absolute Gasteiger partial charge is 0.323 e. The van der Waals surface area contributed by atoms with Crippen LogP contribution in [0.3, 0.4) is 0 Å². The van der Waals surface area contributed by atoms with Gasteiger partial charge >= 0.3 is 12.0 Å². The number of rotatable bonds is 5. The van der Waals surface area contributed by atoms with Crippen LogP contribution in [0.4, 0.5) is 4.79 Å². The first-order valence-electron chi connectivity index (χ1n) is 5.54. The van der Waals surface area contributed by atoms with Gasteiger partial charge in [-0.15, -0.1) is 0 Å². The van der Waals surface area contributed by atoms with Crippen molar-refractivity contribution in [1.29, 1.82) is 0 Å². The molecule has 5 heteroatoms. The van der Waals surface area contributed by atoms with Gasteiger partial charge in [-0.3, -0.25) is 4.79 Å². The molecule has 0 spiro atoms. The number of urea groups is 1. The number of likely N-dealkylation sites (N-methyl/N-ethyl adjacent to an activating group) is 1. The van der Waals surface area contributed by atoms with E-state index in [4.69, 9.17) is 5.11 Å². The molecule has 0 aliphatic rings. The first-order chi connectivity index (χ1) is 7.31. The van der Waals surface area contributed by atoms with Crippen LogP contribution >= 0.6 is 0 Å². The van der Waals surface area contributed by atoms with Gasteiger partial charge in [0.05, 0.1) is 0 Å². The Labute approximate surface area is 97.0 Å². The van der Waals surface area contributed by atoms with Gasteiger partial charge in [-0.1, -0.05) is 13.8 Å². The number of hydrogen-bond donors (Lipinski definition) is 1. The summed E-state index contributed by atoms with van der Waals surface area (Å²) >= 11 is 0. The summed E-state index contributed by atoms with van der Waals surface area (Å²) in [6, 6.07) is -0.138. The number of aliphatic carboxylic acids is 1. The topological polar surface area (TPSA) is 60.9 Å². The fourth-order valence-electron chi connectivity index (χ4n) is 1.32. The number of amides is 2. The SMILES string of the molecule is CCN(CC(=O)O)C(=O)N(C)C(C)C(C)C. The molecule has 0 aromatic heterocycles. The minimum atomic E-state index is -0.985. The molecule has 0 bridgehead atoms. The quantitative estimate of drug-likeness (QED) is 0.778. The molecule has 0 aromatic rings. The van der Waals surface area contributed by atoms with Crippen LogP contribution in [0.5, 0.6) is 0 Å². The van der Waals surface area contributed by atoms with Crippen LogP contribution in [0.15, 0.2) is 0 Å². The van der Waals surface area contributed by atoms with E-state index in [2.05, 4.69) is 0 Å². The van der Waals surface area contributed by atoms with E-state index in [1.807, 2.05) is 20.8 Å².